The van der Waals surface area contributed by atoms with Crippen LogP contribution in [-0.2, 0) is 22.0 Å². The average molecular weight is 316 g/mol. The molecule has 0 saturated carbocycles. The molecule has 1 aromatic rings. The van der Waals surface area contributed by atoms with Crippen LogP contribution in [0, 0.1) is 0 Å². The van der Waals surface area contributed by atoms with Crippen molar-refractivity contribution in [2.45, 2.75) is 12.5 Å². The Kier molecular flexibility index (Phi) is 4.77. The number of carbonyl (C=O) groups is 2. The Labute approximate surface area is 123 Å². The van der Waals surface area contributed by atoms with Gasteiger partial charge in [-0.25, -0.2) is 9.59 Å². The number of hydrogen-bond donors (Lipinski definition) is 2. The standard InChI is InChI=1S/C12H16N2O4S2/c1-20(18)7-4-13-12(17)14-5-2-9-8(3-6-19-9)10(14)11(15)16/h3,6,10H,2,4-5,7H2,1H3,(H,13,17)(H,15,16). The van der Waals surface area contributed by atoms with Crippen LogP contribution in [0.1, 0.15) is 16.5 Å². The molecule has 110 valence electrons. The summed E-state index contributed by atoms with van der Waals surface area (Å²) in [5.74, 6) is -0.667. The van der Waals surface area contributed by atoms with Crippen molar-refractivity contribution in [1.82, 2.24) is 10.2 Å². The number of fused-ring (bicyclic) bond motifs is 1. The molecule has 2 heterocycles. The first-order valence-corrected chi connectivity index (χ1v) is 8.75. The highest BCUT2D eigenvalue weighted by molar-refractivity contribution is 7.84. The summed E-state index contributed by atoms with van der Waals surface area (Å²) in [6, 6.07) is 0.413. The van der Waals surface area contributed by atoms with Crippen molar-refractivity contribution in [1.29, 1.82) is 0 Å². The highest BCUT2D eigenvalue weighted by Crippen LogP contribution is 2.33. The molecule has 0 aromatic carbocycles. The van der Waals surface area contributed by atoms with Gasteiger partial charge in [0.25, 0.3) is 0 Å². The van der Waals surface area contributed by atoms with Crippen molar-refractivity contribution in [3.8, 4) is 0 Å². The van der Waals surface area contributed by atoms with Crippen LogP contribution in [0.2, 0.25) is 0 Å². The number of carboxylic acids is 1. The van der Waals surface area contributed by atoms with Crippen LogP contribution in [0.5, 0.6) is 0 Å². The zero-order valence-electron chi connectivity index (χ0n) is 11.0. The Morgan fingerprint density at radius 3 is 3.00 bits per heavy atom. The first-order valence-electron chi connectivity index (χ1n) is 6.14. The van der Waals surface area contributed by atoms with Gasteiger partial charge in [-0.3, -0.25) is 4.21 Å². The lowest BCUT2D eigenvalue weighted by molar-refractivity contribution is -0.142. The van der Waals surface area contributed by atoms with Crippen LogP contribution in [0.3, 0.4) is 0 Å². The lowest BCUT2D eigenvalue weighted by Gasteiger charge is -2.33. The van der Waals surface area contributed by atoms with E-state index in [0.717, 1.165) is 4.88 Å². The second kappa shape index (κ2) is 6.36. The molecule has 2 atom stereocenters. The highest BCUT2D eigenvalue weighted by Gasteiger charge is 2.36. The Bertz CT molecular complexity index is 543. The van der Waals surface area contributed by atoms with Crippen LogP contribution < -0.4 is 5.32 Å². The molecule has 0 radical (unpaired) electrons. The van der Waals surface area contributed by atoms with Gasteiger partial charge in [0.1, 0.15) is 0 Å². The SMILES string of the molecule is CS(=O)CCNC(=O)N1CCc2sccc2C1C(=O)O. The molecule has 6 nitrogen and oxygen atoms in total. The minimum atomic E-state index is -1.03. The summed E-state index contributed by atoms with van der Waals surface area (Å²) in [5, 5.41) is 13.8. The number of hydrogen-bond acceptors (Lipinski definition) is 4. The van der Waals surface area contributed by atoms with Gasteiger partial charge in [-0.1, -0.05) is 0 Å². The molecule has 0 saturated heterocycles. The number of rotatable bonds is 4. The summed E-state index contributed by atoms with van der Waals surface area (Å²) in [7, 11) is -0.982. The summed E-state index contributed by atoms with van der Waals surface area (Å²) in [6.07, 6.45) is 2.23. The first kappa shape index (κ1) is 15.0. The van der Waals surface area contributed by atoms with E-state index in [0.29, 0.717) is 24.3 Å². The molecule has 0 bridgehead atoms. The maximum Gasteiger partial charge on any atom is 0.331 e. The molecule has 2 N–H and O–H groups in total. The van der Waals surface area contributed by atoms with E-state index in [4.69, 9.17) is 0 Å². The van der Waals surface area contributed by atoms with Crippen LogP contribution >= 0.6 is 11.3 Å². The molecule has 1 aromatic heterocycles. The molecule has 2 unspecified atom stereocenters. The second-order valence-electron chi connectivity index (χ2n) is 4.49. The van der Waals surface area contributed by atoms with E-state index >= 15 is 0 Å². The topological polar surface area (TPSA) is 86.7 Å². The predicted octanol–water partition coefficient (Wildman–Crippen LogP) is 0.820. The quantitative estimate of drug-likeness (QED) is 0.861. The Morgan fingerprint density at radius 2 is 2.35 bits per heavy atom. The number of nitrogens with one attached hydrogen (secondary N) is 1. The van der Waals surface area contributed by atoms with Gasteiger partial charge in [0, 0.05) is 40.8 Å². The monoisotopic (exact) mass is 316 g/mol. The average Bonchev–Trinajstić information content (AvgIpc) is 2.84. The third kappa shape index (κ3) is 3.18. The summed E-state index contributed by atoms with van der Waals surface area (Å²) in [6.45, 7) is 0.660. The Balaban J connectivity index is 2.09. The van der Waals surface area contributed by atoms with E-state index < -0.39 is 28.8 Å². The van der Waals surface area contributed by atoms with Gasteiger partial charge in [0.15, 0.2) is 6.04 Å². The van der Waals surface area contributed by atoms with Gasteiger partial charge in [-0.15, -0.1) is 11.3 Å². The molecule has 1 aliphatic heterocycles. The molecular weight excluding hydrogens is 300 g/mol. The van der Waals surface area contributed by atoms with Crippen molar-refractivity contribution in [2.75, 3.05) is 25.1 Å². The molecular formula is C12H16N2O4S2. The van der Waals surface area contributed by atoms with Crippen molar-refractivity contribution < 1.29 is 18.9 Å². The molecule has 8 heteroatoms. The molecule has 2 amide bonds. The zero-order valence-corrected chi connectivity index (χ0v) is 12.6. The van der Waals surface area contributed by atoms with Crippen molar-refractivity contribution in [3.63, 3.8) is 0 Å². The fourth-order valence-electron chi connectivity index (χ4n) is 2.20. The fourth-order valence-corrected chi connectivity index (χ4v) is 3.50. The van der Waals surface area contributed by atoms with E-state index in [2.05, 4.69) is 5.32 Å². The summed E-state index contributed by atoms with van der Waals surface area (Å²) in [5.41, 5.74) is 0.697. The smallest absolute Gasteiger partial charge is 0.331 e. The molecule has 0 spiro atoms. The number of nitrogens with zero attached hydrogens (tertiary/aromatic N) is 1. The normalized spacial score (nSPS) is 19.2. The molecule has 0 fully saturated rings. The molecule has 2 rings (SSSR count). The van der Waals surface area contributed by atoms with Crippen LogP contribution in [-0.4, -0.2) is 51.3 Å². The van der Waals surface area contributed by atoms with Gasteiger partial charge in [-0.2, -0.15) is 0 Å². The number of thiophene rings is 1. The van der Waals surface area contributed by atoms with E-state index in [1.807, 2.05) is 5.38 Å². The van der Waals surface area contributed by atoms with E-state index in [1.165, 1.54) is 16.2 Å². The van der Waals surface area contributed by atoms with Crippen LogP contribution in [0.25, 0.3) is 0 Å². The number of carboxylic acid groups (broad SMARTS) is 1. The van der Waals surface area contributed by atoms with Crippen LogP contribution in [0.4, 0.5) is 4.79 Å². The van der Waals surface area contributed by atoms with Gasteiger partial charge in [0.2, 0.25) is 0 Å². The largest absolute Gasteiger partial charge is 0.479 e. The highest BCUT2D eigenvalue weighted by atomic mass is 32.2. The summed E-state index contributed by atoms with van der Waals surface area (Å²) < 4.78 is 11.0. The van der Waals surface area contributed by atoms with E-state index in [9.17, 15) is 18.9 Å². The number of amides is 2. The van der Waals surface area contributed by atoms with Gasteiger partial charge in [-0.05, 0) is 23.4 Å². The van der Waals surface area contributed by atoms with Crippen molar-refractivity contribution >= 4 is 34.1 Å². The van der Waals surface area contributed by atoms with E-state index in [-0.39, 0.29) is 6.54 Å². The molecule has 20 heavy (non-hydrogen) atoms. The Hall–Kier alpha value is -1.41. The minimum absolute atomic E-state index is 0.279. The van der Waals surface area contributed by atoms with Gasteiger partial charge in [0.05, 0.1) is 0 Å². The summed E-state index contributed by atoms with van der Waals surface area (Å²) >= 11 is 1.52. The lowest BCUT2D eigenvalue weighted by Crippen LogP contribution is -2.48. The number of aliphatic carboxylic acids is 1. The van der Waals surface area contributed by atoms with Crippen LogP contribution in [0.15, 0.2) is 11.4 Å². The van der Waals surface area contributed by atoms with Crippen molar-refractivity contribution in [2.24, 2.45) is 0 Å². The fraction of sp³-hybridized carbons (Fsp3) is 0.500. The minimum Gasteiger partial charge on any atom is -0.479 e. The summed E-state index contributed by atoms with van der Waals surface area (Å²) in [4.78, 5) is 25.9. The Morgan fingerprint density at radius 1 is 1.60 bits per heavy atom. The zero-order chi connectivity index (χ0) is 14.7. The maximum atomic E-state index is 12.1. The third-order valence-electron chi connectivity index (χ3n) is 3.13. The molecule has 1 aliphatic rings. The predicted molar refractivity (Wildman–Crippen MR) is 77.4 cm³/mol. The lowest BCUT2D eigenvalue weighted by atomic mass is 10.0. The van der Waals surface area contributed by atoms with E-state index in [1.54, 1.807) is 12.3 Å². The van der Waals surface area contributed by atoms with Gasteiger partial charge < -0.3 is 15.3 Å². The first-order chi connectivity index (χ1) is 9.50. The van der Waals surface area contributed by atoms with Crippen molar-refractivity contribution in [3.05, 3.63) is 21.9 Å². The maximum absolute atomic E-state index is 12.1. The third-order valence-corrected chi connectivity index (χ3v) is 4.90. The molecule has 0 aliphatic carbocycles. The number of carbonyl (C=O) groups excluding carboxylic acids is 1. The second-order valence-corrected chi connectivity index (χ2v) is 7.05. The van der Waals surface area contributed by atoms with Gasteiger partial charge >= 0.3 is 12.0 Å². The number of urea groups is 1.